The number of carboxylic acid groups (broad SMARTS) is 1. The molecule has 0 aliphatic rings. The minimum absolute atomic E-state index is 0.0313. The van der Waals surface area contributed by atoms with Gasteiger partial charge in [-0.2, -0.15) is 0 Å². The van der Waals surface area contributed by atoms with Crippen LogP contribution in [0.1, 0.15) is 21.8 Å². The van der Waals surface area contributed by atoms with E-state index in [0.717, 1.165) is 0 Å². The maximum Gasteiger partial charge on any atom is 0.358 e. The fraction of sp³-hybridized carbons (Fsp3) is 0.167. The first-order chi connectivity index (χ1) is 9.58. The van der Waals surface area contributed by atoms with Gasteiger partial charge in [-0.15, -0.1) is 0 Å². The molecule has 0 saturated heterocycles. The molecule has 8 nitrogen and oxygen atoms in total. The molecule has 0 spiro atoms. The van der Waals surface area contributed by atoms with Crippen LogP contribution in [0.15, 0.2) is 34.9 Å². The van der Waals surface area contributed by atoms with E-state index in [1.807, 2.05) is 0 Å². The number of nitro groups is 1. The van der Waals surface area contributed by atoms with Crippen molar-refractivity contribution in [3.8, 4) is 0 Å². The highest BCUT2D eigenvalue weighted by molar-refractivity contribution is 5.85. The molecule has 0 unspecified atom stereocenters. The summed E-state index contributed by atoms with van der Waals surface area (Å²) < 4.78 is 4.81. The Morgan fingerprint density at radius 1 is 1.40 bits per heavy atom. The number of para-hydroxylation sites is 1. The van der Waals surface area contributed by atoms with Crippen molar-refractivity contribution in [1.29, 1.82) is 0 Å². The highest BCUT2D eigenvalue weighted by atomic mass is 16.6. The summed E-state index contributed by atoms with van der Waals surface area (Å²) in [6.45, 7) is 0.493. The summed E-state index contributed by atoms with van der Waals surface area (Å²) in [5.41, 5.74) is 0.395. The zero-order valence-electron chi connectivity index (χ0n) is 10.3. The van der Waals surface area contributed by atoms with E-state index < -0.39 is 10.9 Å². The van der Waals surface area contributed by atoms with Crippen LogP contribution < -0.4 is 5.32 Å². The predicted octanol–water partition coefficient (Wildman–Crippen LogP) is 1.57. The van der Waals surface area contributed by atoms with Crippen molar-refractivity contribution in [2.24, 2.45) is 0 Å². The van der Waals surface area contributed by atoms with Crippen LogP contribution in [0.5, 0.6) is 0 Å². The van der Waals surface area contributed by atoms with E-state index in [1.165, 1.54) is 12.1 Å². The Labute approximate surface area is 113 Å². The largest absolute Gasteiger partial charge is 0.476 e. The zero-order chi connectivity index (χ0) is 14.5. The molecule has 0 fully saturated rings. The van der Waals surface area contributed by atoms with Crippen LogP contribution >= 0.6 is 0 Å². The second kappa shape index (κ2) is 5.93. The molecule has 2 rings (SSSR count). The maximum atomic E-state index is 10.8. The average Bonchev–Trinajstić information content (AvgIpc) is 2.88. The van der Waals surface area contributed by atoms with E-state index in [0.29, 0.717) is 11.3 Å². The molecule has 104 valence electrons. The predicted molar refractivity (Wildman–Crippen MR) is 67.1 cm³/mol. The Morgan fingerprint density at radius 2 is 2.15 bits per heavy atom. The standard InChI is InChI=1S/C12H11N3O5/c16-12(17)10-5-9(20-14-10)7-13-6-8-3-1-2-4-11(8)15(18)19/h1-5,13H,6-7H2,(H,16,17). The van der Waals surface area contributed by atoms with Gasteiger partial charge in [0.15, 0.2) is 11.5 Å². The molecule has 2 aromatic rings. The van der Waals surface area contributed by atoms with E-state index in [9.17, 15) is 14.9 Å². The third-order valence-electron chi connectivity index (χ3n) is 2.58. The third kappa shape index (κ3) is 3.18. The van der Waals surface area contributed by atoms with Crippen molar-refractivity contribution in [1.82, 2.24) is 10.5 Å². The van der Waals surface area contributed by atoms with Gasteiger partial charge in [-0.05, 0) is 0 Å². The summed E-state index contributed by atoms with van der Waals surface area (Å²) in [4.78, 5) is 21.0. The summed E-state index contributed by atoms with van der Waals surface area (Å²) in [5, 5.41) is 25.8. The lowest BCUT2D eigenvalue weighted by molar-refractivity contribution is -0.385. The second-order valence-electron chi connectivity index (χ2n) is 3.97. The van der Waals surface area contributed by atoms with Crippen molar-refractivity contribution < 1.29 is 19.3 Å². The lowest BCUT2D eigenvalue weighted by atomic mass is 10.2. The van der Waals surface area contributed by atoms with Crippen LogP contribution in [0.4, 0.5) is 5.69 Å². The highest BCUT2D eigenvalue weighted by Gasteiger charge is 2.13. The molecule has 0 radical (unpaired) electrons. The van der Waals surface area contributed by atoms with Gasteiger partial charge in [-0.3, -0.25) is 10.1 Å². The summed E-state index contributed by atoms with van der Waals surface area (Å²) in [7, 11) is 0. The summed E-state index contributed by atoms with van der Waals surface area (Å²) in [6, 6.07) is 7.68. The number of aromatic nitrogens is 1. The van der Waals surface area contributed by atoms with Gasteiger partial charge in [0, 0.05) is 24.2 Å². The van der Waals surface area contributed by atoms with Crippen LogP contribution in [-0.4, -0.2) is 21.2 Å². The molecule has 0 saturated carbocycles. The Morgan fingerprint density at radius 3 is 2.80 bits per heavy atom. The first-order valence-corrected chi connectivity index (χ1v) is 5.70. The molecule has 20 heavy (non-hydrogen) atoms. The minimum atomic E-state index is -1.17. The molecule has 0 amide bonds. The van der Waals surface area contributed by atoms with Crippen LogP contribution in [0.2, 0.25) is 0 Å². The molecule has 8 heteroatoms. The van der Waals surface area contributed by atoms with Crippen molar-refractivity contribution >= 4 is 11.7 Å². The molecular formula is C12H11N3O5. The fourth-order valence-electron chi connectivity index (χ4n) is 1.66. The molecular weight excluding hydrogens is 266 g/mol. The Kier molecular flexibility index (Phi) is 4.06. The molecule has 2 N–H and O–H groups in total. The number of hydrogen-bond donors (Lipinski definition) is 2. The number of hydrogen-bond acceptors (Lipinski definition) is 6. The van der Waals surface area contributed by atoms with Gasteiger partial charge in [0.1, 0.15) is 0 Å². The van der Waals surface area contributed by atoms with Crippen LogP contribution in [0.3, 0.4) is 0 Å². The highest BCUT2D eigenvalue weighted by Crippen LogP contribution is 2.17. The van der Waals surface area contributed by atoms with Crippen LogP contribution in [0, 0.1) is 10.1 Å². The van der Waals surface area contributed by atoms with E-state index >= 15 is 0 Å². The second-order valence-corrected chi connectivity index (χ2v) is 3.97. The fourth-order valence-corrected chi connectivity index (χ4v) is 1.66. The normalized spacial score (nSPS) is 10.4. The molecule has 1 aromatic heterocycles. The molecule has 1 aromatic carbocycles. The van der Waals surface area contributed by atoms with Gasteiger partial charge in [-0.25, -0.2) is 4.79 Å². The number of rotatable bonds is 6. The van der Waals surface area contributed by atoms with Crippen molar-refractivity contribution in [3.63, 3.8) is 0 Å². The number of nitrogens with one attached hydrogen (secondary N) is 1. The zero-order valence-corrected chi connectivity index (χ0v) is 10.3. The lowest BCUT2D eigenvalue weighted by Crippen LogP contribution is -2.13. The molecule has 0 bridgehead atoms. The Bertz CT molecular complexity index is 638. The minimum Gasteiger partial charge on any atom is -0.476 e. The quantitative estimate of drug-likeness (QED) is 0.607. The smallest absolute Gasteiger partial charge is 0.358 e. The first-order valence-electron chi connectivity index (χ1n) is 5.70. The summed E-state index contributed by atoms with van der Waals surface area (Å²) in [5.74, 6) is -0.820. The van der Waals surface area contributed by atoms with Crippen LogP contribution in [-0.2, 0) is 13.1 Å². The van der Waals surface area contributed by atoms with Gasteiger partial charge in [0.2, 0.25) is 0 Å². The Balaban J connectivity index is 1.96. The van der Waals surface area contributed by atoms with Crippen molar-refractivity contribution in [3.05, 3.63) is 57.5 Å². The van der Waals surface area contributed by atoms with Gasteiger partial charge in [0.25, 0.3) is 5.69 Å². The number of carboxylic acids is 1. The average molecular weight is 277 g/mol. The van der Waals surface area contributed by atoms with Gasteiger partial charge in [-0.1, -0.05) is 23.4 Å². The monoisotopic (exact) mass is 277 g/mol. The van der Waals surface area contributed by atoms with Crippen LogP contribution in [0.25, 0.3) is 0 Å². The van der Waals surface area contributed by atoms with E-state index in [1.54, 1.807) is 18.2 Å². The first kappa shape index (κ1) is 13.7. The van der Waals surface area contributed by atoms with Crippen molar-refractivity contribution in [2.45, 2.75) is 13.1 Å². The third-order valence-corrected chi connectivity index (χ3v) is 2.58. The van der Waals surface area contributed by atoms with Gasteiger partial charge < -0.3 is 14.9 Å². The maximum absolute atomic E-state index is 10.8. The lowest BCUT2D eigenvalue weighted by Gasteiger charge is -2.03. The number of nitro benzene ring substituents is 1. The van der Waals surface area contributed by atoms with E-state index in [2.05, 4.69) is 10.5 Å². The SMILES string of the molecule is O=C(O)c1cc(CNCc2ccccc2[N+](=O)[O-])on1. The van der Waals surface area contributed by atoms with Crippen molar-refractivity contribution in [2.75, 3.05) is 0 Å². The van der Waals surface area contributed by atoms with Gasteiger partial charge in [0.05, 0.1) is 11.5 Å². The summed E-state index contributed by atoms with van der Waals surface area (Å²) in [6.07, 6.45) is 0. The van der Waals surface area contributed by atoms with Gasteiger partial charge >= 0.3 is 5.97 Å². The number of carbonyl (C=O) groups is 1. The van der Waals surface area contributed by atoms with E-state index in [-0.39, 0.29) is 24.5 Å². The summed E-state index contributed by atoms with van der Waals surface area (Å²) >= 11 is 0. The molecule has 0 aliphatic heterocycles. The molecule has 1 heterocycles. The molecule has 0 aliphatic carbocycles. The number of aromatic carboxylic acids is 1. The number of benzene rings is 1. The topological polar surface area (TPSA) is 118 Å². The Hall–Kier alpha value is -2.74. The number of nitrogens with zero attached hydrogens (tertiary/aromatic N) is 2. The molecule has 0 atom stereocenters. The van der Waals surface area contributed by atoms with E-state index in [4.69, 9.17) is 9.63 Å².